The van der Waals surface area contributed by atoms with Gasteiger partial charge in [-0.25, -0.2) is 0 Å². The Kier molecular flexibility index (Phi) is 3.19. The fraction of sp³-hybridized carbons (Fsp3) is 0.273. The van der Waals surface area contributed by atoms with Gasteiger partial charge >= 0.3 is 0 Å². The predicted octanol–water partition coefficient (Wildman–Crippen LogP) is 2.89. The fourth-order valence-electron chi connectivity index (χ4n) is 1.02. The van der Waals surface area contributed by atoms with Crippen molar-refractivity contribution < 1.29 is 0 Å². The van der Waals surface area contributed by atoms with Gasteiger partial charge < -0.3 is 0 Å². The maximum atomic E-state index is 5.47. The Bertz CT molecular complexity index is 329. The van der Waals surface area contributed by atoms with Gasteiger partial charge in [0.1, 0.15) is 0 Å². The highest BCUT2D eigenvalue weighted by Gasteiger charge is 1.95. The summed E-state index contributed by atoms with van der Waals surface area (Å²) < 4.78 is 0. The van der Waals surface area contributed by atoms with Gasteiger partial charge in [-0.3, -0.25) is 0 Å². The average molecular weight is 179 g/mol. The molecule has 0 fully saturated rings. The number of halogens is 1. The summed E-state index contributed by atoms with van der Waals surface area (Å²) in [4.78, 5) is 0. The number of rotatable bonds is 0. The van der Waals surface area contributed by atoms with Gasteiger partial charge in [-0.1, -0.05) is 24.0 Å². The Morgan fingerprint density at radius 2 is 2.08 bits per heavy atom. The normalized spacial score (nSPS) is 8.92. The molecule has 0 nitrogen and oxygen atoms in total. The SMILES string of the molecule is Cc1cccc(C#CCCl)c1C. The van der Waals surface area contributed by atoms with Crippen molar-refractivity contribution in [2.24, 2.45) is 0 Å². The first-order valence-corrected chi connectivity index (χ1v) is 4.40. The molecule has 0 aliphatic heterocycles. The molecule has 0 aromatic heterocycles. The fourth-order valence-corrected chi connectivity index (χ4v) is 1.08. The van der Waals surface area contributed by atoms with E-state index in [4.69, 9.17) is 11.6 Å². The Hall–Kier alpha value is -0.930. The average Bonchev–Trinajstić information content (AvgIpc) is 2.08. The quantitative estimate of drug-likeness (QED) is 0.423. The van der Waals surface area contributed by atoms with Crippen molar-refractivity contribution in [3.63, 3.8) is 0 Å². The molecule has 0 unspecified atom stereocenters. The van der Waals surface area contributed by atoms with E-state index in [0.717, 1.165) is 5.56 Å². The molecule has 0 atom stereocenters. The number of alkyl halides is 1. The summed E-state index contributed by atoms with van der Waals surface area (Å²) in [5.41, 5.74) is 3.60. The van der Waals surface area contributed by atoms with E-state index >= 15 is 0 Å². The Labute approximate surface area is 78.6 Å². The van der Waals surface area contributed by atoms with Gasteiger partial charge in [-0.05, 0) is 31.0 Å². The molecule has 0 N–H and O–H groups in total. The molecule has 0 amide bonds. The van der Waals surface area contributed by atoms with Gasteiger partial charge in [0, 0.05) is 5.56 Å². The first-order chi connectivity index (χ1) is 5.75. The monoisotopic (exact) mass is 178 g/mol. The molecule has 1 rings (SSSR count). The molecule has 1 aromatic carbocycles. The zero-order chi connectivity index (χ0) is 8.97. The van der Waals surface area contributed by atoms with Gasteiger partial charge in [0.2, 0.25) is 0 Å². The summed E-state index contributed by atoms with van der Waals surface area (Å²) in [5.74, 6) is 6.27. The minimum absolute atomic E-state index is 0.396. The molecule has 0 aliphatic rings. The van der Waals surface area contributed by atoms with E-state index in [9.17, 15) is 0 Å². The van der Waals surface area contributed by atoms with E-state index in [-0.39, 0.29) is 0 Å². The first-order valence-electron chi connectivity index (χ1n) is 3.86. The third kappa shape index (κ3) is 2.03. The minimum Gasteiger partial charge on any atom is -0.113 e. The zero-order valence-corrected chi connectivity index (χ0v) is 8.07. The van der Waals surface area contributed by atoms with Crippen LogP contribution in [0.3, 0.4) is 0 Å². The molecule has 0 spiro atoms. The second-order valence-electron chi connectivity index (χ2n) is 2.68. The molecule has 0 radical (unpaired) electrons. The summed E-state index contributed by atoms with van der Waals surface area (Å²) in [6.07, 6.45) is 0. The highest BCUT2D eigenvalue weighted by Crippen LogP contribution is 2.10. The van der Waals surface area contributed by atoms with Gasteiger partial charge in [0.15, 0.2) is 0 Å². The lowest BCUT2D eigenvalue weighted by Crippen LogP contribution is -1.85. The minimum atomic E-state index is 0.396. The second kappa shape index (κ2) is 4.18. The van der Waals surface area contributed by atoms with Gasteiger partial charge in [0.05, 0.1) is 5.88 Å². The van der Waals surface area contributed by atoms with Crippen molar-refractivity contribution in [3.8, 4) is 11.8 Å². The van der Waals surface area contributed by atoms with E-state index in [1.165, 1.54) is 11.1 Å². The van der Waals surface area contributed by atoms with Gasteiger partial charge in [-0.2, -0.15) is 0 Å². The van der Waals surface area contributed by atoms with Crippen LogP contribution < -0.4 is 0 Å². The third-order valence-corrected chi connectivity index (χ3v) is 2.03. The van der Waals surface area contributed by atoms with Crippen molar-refractivity contribution >= 4 is 11.6 Å². The van der Waals surface area contributed by atoms with E-state index in [1.54, 1.807) is 0 Å². The van der Waals surface area contributed by atoms with Crippen LogP contribution >= 0.6 is 11.6 Å². The van der Waals surface area contributed by atoms with Crippen LogP contribution in [-0.2, 0) is 0 Å². The second-order valence-corrected chi connectivity index (χ2v) is 2.95. The summed E-state index contributed by atoms with van der Waals surface area (Å²) in [7, 11) is 0. The molecule has 0 bridgehead atoms. The molecule has 0 aliphatic carbocycles. The lowest BCUT2D eigenvalue weighted by Gasteiger charge is -2.00. The molecular formula is C11H11Cl. The number of benzene rings is 1. The van der Waals surface area contributed by atoms with E-state index in [0.29, 0.717) is 5.88 Å². The van der Waals surface area contributed by atoms with Crippen molar-refractivity contribution in [1.82, 2.24) is 0 Å². The molecule has 0 saturated heterocycles. The standard InChI is InChI=1S/C11H11Cl/c1-9-5-3-6-11(10(9)2)7-4-8-12/h3,5-6H,8H2,1-2H3. The van der Waals surface area contributed by atoms with Crippen LogP contribution in [0.25, 0.3) is 0 Å². The van der Waals surface area contributed by atoms with Crippen molar-refractivity contribution in [2.75, 3.05) is 5.88 Å². The van der Waals surface area contributed by atoms with Crippen molar-refractivity contribution in [2.45, 2.75) is 13.8 Å². The maximum absolute atomic E-state index is 5.47. The molecule has 62 valence electrons. The Morgan fingerprint density at radius 1 is 1.33 bits per heavy atom. The third-order valence-electron chi connectivity index (χ3n) is 1.89. The summed E-state index contributed by atoms with van der Waals surface area (Å²) >= 11 is 5.47. The molecule has 12 heavy (non-hydrogen) atoms. The Morgan fingerprint density at radius 3 is 2.75 bits per heavy atom. The predicted molar refractivity (Wildman–Crippen MR) is 53.5 cm³/mol. The first kappa shape index (κ1) is 9.16. The van der Waals surface area contributed by atoms with Crippen LogP contribution in [0.2, 0.25) is 0 Å². The lowest BCUT2D eigenvalue weighted by atomic mass is 10.0. The van der Waals surface area contributed by atoms with Gasteiger partial charge in [0.25, 0.3) is 0 Å². The van der Waals surface area contributed by atoms with E-state index < -0.39 is 0 Å². The topological polar surface area (TPSA) is 0 Å². The summed E-state index contributed by atoms with van der Waals surface area (Å²) in [6, 6.07) is 6.11. The molecule has 1 heteroatoms. The van der Waals surface area contributed by atoms with Crippen molar-refractivity contribution in [3.05, 3.63) is 34.9 Å². The largest absolute Gasteiger partial charge is 0.113 e. The molecule has 1 aromatic rings. The number of aryl methyl sites for hydroxylation is 1. The van der Waals surface area contributed by atoms with E-state index in [1.807, 2.05) is 12.1 Å². The molecular weight excluding hydrogens is 168 g/mol. The smallest absolute Gasteiger partial charge is 0.0839 e. The zero-order valence-electron chi connectivity index (χ0n) is 7.32. The van der Waals surface area contributed by atoms with Crippen LogP contribution in [0, 0.1) is 25.7 Å². The number of hydrogen-bond donors (Lipinski definition) is 0. The van der Waals surface area contributed by atoms with Crippen LogP contribution in [-0.4, -0.2) is 5.88 Å². The molecule has 0 heterocycles. The molecule has 0 saturated carbocycles. The van der Waals surface area contributed by atoms with Crippen LogP contribution in [0.15, 0.2) is 18.2 Å². The maximum Gasteiger partial charge on any atom is 0.0839 e. The summed E-state index contributed by atoms with van der Waals surface area (Å²) in [6.45, 7) is 4.16. The highest BCUT2D eigenvalue weighted by atomic mass is 35.5. The highest BCUT2D eigenvalue weighted by molar-refractivity contribution is 6.19. The van der Waals surface area contributed by atoms with Crippen molar-refractivity contribution in [1.29, 1.82) is 0 Å². The van der Waals surface area contributed by atoms with E-state index in [2.05, 4.69) is 31.8 Å². The van der Waals surface area contributed by atoms with Gasteiger partial charge in [-0.15, -0.1) is 11.6 Å². The Balaban J connectivity index is 3.08. The summed E-state index contributed by atoms with van der Waals surface area (Å²) in [5, 5.41) is 0. The number of hydrogen-bond acceptors (Lipinski definition) is 0. The van der Waals surface area contributed by atoms with Crippen LogP contribution in [0.5, 0.6) is 0 Å². The van der Waals surface area contributed by atoms with Crippen LogP contribution in [0.4, 0.5) is 0 Å². The van der Waals surface area contributed by atoms with Crippen LogP contribution in [0.1, 0.15) is 16.7 Å². The lowest BCUT2D eigenvalue weighted by molar-refractivity contribution is 1.32.